The molecule has 0 bridgehead atoms. The summed E-state index contributed by atoms with van der Waals surface area (Å²) in [6, 6.07) is 0. The molecule has 0 heterocycles. The minimum absolute atomic E-state index is 0.369. The lowest BCUT2D eigenvalue weighted by Crippen LogP contribution is -2.44. The van der Waals surface area contributed by atoms with E-state index in [1.807, 2.05) is 11.1 Å². The molecule has 0 saturated heterocycles. The Morgan fingerprint density at radius 2 is 0.897 bits per heavy atom. The predicted octanol–water partition coefficient (Wildman–Crippen LogP) is 8.23. The SMILES string of the molecule is PC(C1=C(C(P)(C2CCCC2)C2CCCC2)CC=C1)(C1CCCC1)C1CCCC1. The molecule has 0 aliphatic heterocycles. The molecule has 5 aliphatic rings. The van der Waals surface area contributed by atoms with Crippen molar-refractivity contribution in [2.75, 3.05) is 0 Å². The zero-order valence-corrected chi connectivity index (χ0v) is 20.9. The summed E-state index contributed by atoms with van der Waals surface area (Å²) < 4.78 is 0. The quantitative estimate of drug-likeness (QED) is 0.372. The highest BCUT2D eigenvalue weighted by Crippen LogP contribution is 2.61. The number of rotatable bonds is 6. The van der Waals surface area contributed by atoms with Crippen LogP contribution < -0.4 is 0 Å². The van der Waals surface area contributed by atoms with Crippen LogP contribution >= 0.6 is 18.5 Å². The van der Waals surface area contributed by atoms with Crippen molar-refractivity contribution in [1.82, 2.24) is 0 Å². The summed E-state index contributed by atoms with van der Waals surface area (Å²) in [7, 11) is 7.15. The van der Waals surface area contributed by atoms with E-state index in [4.69, 9.17) is 0 Å². The van der Waals surface area contributed by atoms with Crippen LogP contribution in [0.2, 0.25) is 0 Å². The van der Waals surface area contributed by atoms with E-state index in [0.29, 0.717) is 10.3 Å². The van der Waals surface area contributed by atoms with E-state index in [-0.39, 0.29) is 0 Å². The van der Waals surface area contributed by atoms with Crippen molar-refractivity contribution in [3.8, 4) is 0 Å². The normalized spacial score (nSPS) is 28.6. The van der Waals surface area contributed by atoms with Crippen LogP contribution in [0, 0.1) is 23.7 Å². The molecule has 5 aliphatic carbocycles. The third kappa shape index (κ3) is 3.56. The fraction of sp³-hybridized carbons (Fsp3) is 0.852. The summed E-state index contributed by atoms with van der Waals surface area (Å²) in [5.74, 6) is 3.65. The van der Waals surface area contributed by atoms with Crippen molar-refractivity contribution in [2.45, 2.75) is 119 Å². The molecule has 2 atom stereocenters. The summed E-state index contributed by atoms with van der Waals surface area (Å²) in [5.41, 5.74) is 3.73. The molecule has 0 nitrogen and oxygen atoms in total. The Labute approximate surface area is 184 Å². The molecule has 0 N–H and O–H groups in total. The summed E-state index contributed by atoms with van der Waals surface area (Å²) in [6.07, 6.45) is 30.0. The summed E-state index contributed by atoms with van der Waals surface area (Å²) in [4.78, 5) is 0. The molecule has 0 aromatic rings. The lowest BCUT2D eigenvalue weighted by atomic mass is 9.67. The van der Waals surface area contributed by atoms with Gasteiger partial charge in [-0.15, -0.1) is 18.5 Å². The van der Waals surface area contributed by atoms with Crippen LogP contribution in [0.1, 0.15) is 109 Å². The molecule has 0 spiro atoms. The van der Waals surface area contributed by atoms with Crippen molar-refractivity contribution in [3.05, 3.63) is 23.3 Å². The number of hydrogen-bond donors (Lipinski definition) is 0. The molecule has 0 aromatic carbocycles. The van der Waals surface area contributed by atoms with Gasteiger partial charge in [-0.25, -0.2) is 0 Å². The topological polar surface area (TPSA) is 0 Å². The van der Waals surface area contributed by atoms with E-state index < -0.39 is 0 Å². The first kappa shape index (κ1) is 21.2. The second kappa shape index (κ2) is 8.70. The largest absolute Gasteiger partial charge is 0.126 e. The second-order valence-electron chi connectivity index (χ2n) is 11.3. The van der Waals surface area contributed by atoms with Crippen molar-refractivity contribution >= 4 is 18.5 Å². The molecule has 0 radical (unpaired) electrons. The van der Waals surface area contributed by atoms with E-state index in [0.717, 1.165) is 23.7 Å². The minimum atomic E-state index is 0.369. The maximum Gasteiger partial charge on any atom is 0.0153 e. The lowest BCUT2D eigenvalue weighted by Gasteiger charge is -2.48. The highest BCUT2D eigenvalue weighted by molar-refractivity contribution is 7.20. The Bertz CT molecular complexity index is 603. The standard InChI is InChI=1S/C27H44P2/c28-26(20-10-1-2-11-20,21-12-3-4-13-21)24-18-9-19-25(24)27(29,22-14-5-6-15-22)23-16-7-8-17-23/h9,18,20-23H,1-8,10-17,19,28-29H2. The minimum Gasteiger partial charge on any atom is -0.126 e. The van der Waals surface area contributed by atoms with Crippen molar-refractivity contribution in [2.24, 2.45) is 23.7 Å². The molecule has 5 rings (SSSR count). The Morgan fingerprint density at radius 1 is 0.552 bits per heavy atom. The van der Waals surface area contributed by atoms with E-state index in [9.17, 15) is 0 Å². The third-order valence-electron chi connectivity index (χ3n) is 10.0. The van der Waals surface area contributed by atoms with Crippen molar-refractivity contribution < 1.29 is 0 Å². The zero-order valence-electron chi connectivity index (χ0n) is 18.6. The molecule has 4 fully saturated rings. The van der Waals surface area contributed by atoms with Crippen LogP contribution in [-0.4, -0.2) is 10.3 Å². The van der Waals surface area contributed by atoms with Crippen LogP contribution in [0.15, 0.2) is 23.3 Å². The molecule has 0 aromatic heterocycles. The molecule has 29 heavy (non-hydrogen) atoms. The van der Waals surface area contributed by atoms with Gasteiger partial charge in [-0.05, 0) is 87.0 Å². The van der Waals surface area contributed by atoms with Crippen LogP contribution in [-0.2, 0) is 0 Å². The van der Waals surface area contributed by atoms with Gasteiger partial charge >= 0.3 is 0 Å². The first-order chi connectivity index (χ1) is 14.1. The van der Waals surface area contributed by atoms with Crippen molar-refractivity contribution in [3.63, 3.8) is 0 Å². The smallest absolute Gasteiger partial charge is 0.0153 e. The van der Waals surface area contributed by atoms with E-state index in [1.54, 1.807) is 0 Å². The Kier molecular flexibility index (Phi) is 6.36. The van der Waals surface area contributed by atoms with E-state index >= 15 is 0 Å². The summed E-state index contributed by atoms with van der Waals surface area (Å²) in [5, 5.41) is 0.763. The Balaban J connectivity index is 1.60. The fourth-order valence-corrected chi connectivity index (χ4v) is 10.4. The van der Waals surface area contributed by atoms with Crippen molar-refractivity contribution in [1.29, 1.82) is 0 Å². The number of hydrogen-bond acceptors (Lipinski definition) is 0. The Morgan fingerprint density at radius 3 is 1.28 bits per heavy atom. The summed E-state index contributed by atoms with van der Waals surface area (Å²) >= 11 is 0. The molecular weight excluding hydrogens is 386 g/mol. The average molecular weight is 431 g/mol. The van der Waals surface area contributed by atoms with Gasteiger partial charge in [0.2, 0.25) is 0 Å². The van der Waals surface area contributed by atoms with Gasteiger partial charge in [0.05, 0.1) is 0 Å². The van der Waals surface area contributed by atoms with E-state index in [1.165, 1.54) is 109 Å². The van der Waals surface area contributed by atoms with Gasteiger partial charge in [-0.2, -0.15) is 0 Å². The van der Waals surface area contributed by atoms with E-state index in [2.05, 4.69) is 30.6 Å². The maximum absolute atomic E-state index is 3.58. The highest BCUT2D eigenvalue weighted by atomic mass is 31.0. The fourth-order valence-electron chi connectivity index (χ4n) is 8.53. The van der Waals surface area contributed by atoms with Gasteiger partial charge in [0.25, 0.3) is 0 Å². The van der Waals surface area contributed by atoms with Gasteiger partial charge in [-0.1, -0.05) is 69.1 Å². The molecule has 2 unspecified atom stereocenters. The molecule has 4 saturated carbocycles. The maximum atomic E-state index is 3.58. The predicted molar refractivity (Wildman–Crippen MR) is 133 cm³/mol. The second-order valence-corrected chi connectivity index (χ2v) is 13.2. The Hall–Kier alpha value is 0.340. The highest BCUT2D eigenvalue weighted by Gasteiger charge is 2.52. The average Bonchev–Trinajstić information content (AvgIpc) is 3.59. The monoisotopic (exact) mass is 430 g/mol. The summed E-state index contributed by atoms with van der Waals surface area (Å²) in [6.45, 7) is 0. The first-order valence-electron chi connectivity index (χ1n) is 13.1. The lowest BCUT2D eigenvalue weighted by molar-refractivity contribution is 0.288. The number of allylic oxidation sites excluding steroid dienone is 4. The zero-order chi connectivity index (χ0) is 19.9. The van der Waals surface area contributed by atoms with Crippen LogP contribution in [0.4, 0.5) is 0 Å². The molecule has 162 valence electrons. The van der Waals surface area contributed by atoms with Gasteiger partial charge in [0.15, 0.2) is 0 Å². The molecular formula is C27H44P2. The van der Waals surface area contributed by atoms with Gasteiger partial charge in [-0.3, -0.25) is 0 Å². The molecule has 0 amide bonds. The third-order valence-corrected chi connectivity index (χ3v) is 12.6. The van der Waals surface area contributed by atoms with Crippen LogP contribution in [0.3, 0.4) is 0 Å². The first-order valence-corrected chi connectivity index (χ1v) is 14.3. The van der Waals surface area contributed by atoms with Crippen LogP contribution in [0.25, 0.3) is 0 Å². The van der Waals surface area contributed by atoms with Gasteiger partial charge in [0, 0.05) is 10.3 Å². The van der Waals surface area contributed by atoms with Gasteiger partial charge < -0.3 is 0 Å². The van der Waals surface area contributed by atoms with Gasteiger partial charge in [0.1, 0.15) is 0 Å². The molecule has 2 heteroatoms. The van der Waals surface area contributed by atoms with Crippen LogP contribution in [0.5, 0.6) is 0 Å².